The van der Waals surface area contributed by atoms with Gasteiger partial charge in [-0.15, -0.1) is 0 Å². The van der Waals surface area contributed by atoms with Gasteiger partial charge < -0.3 is 14.4 Å². The molecule has 2 atom stereocenters. The topological polar surface area (TPSA) is 55.8 Å². The number of fused-ring (bicyclic) bond motifs is 1. The summed E-state index contributed by atoms with van der Waals surface area (Å²) in [6, 6.07) is 7.62. The Morgan fingerprint density at radius 1 is 1.25 bits per heavy atom. The van der Waals surface area contributed by atoms with Crippen LogP contribution in [0.2, 0.25) is 0 Å². The molecule has 2 aliphatic rings. The van der Waals surface area contributed by atoms with Gasteiger partial charge in [0, 0.05) is 13.1 Å². The first-order chi connectivity index (χ1) is 9.69. The summed E-state index contributed by atoms with van der Waals surface area (Å²) in [6.07, 6.45) is 0.647. The van der Waals surface area contributed by atoms with Crippen LogP contribution in [0.15, 0.2) is 24.3 Å². The van der Waals surface area contributed by atoms with E-state index in [0.717, 1.165) is 11.3 Å². The SMILES string of the molecule is COc1ccc(CN2CC3C(=O)OCCC3C2=O)cc1. The minimum atomic E-state index is -0.283. The molecule has 106 valence electrons. The van der Waals surface area contributed by atoms with E-state index in [9.17, 15) is 9.59 Å². The van der Waals surface area contributed by atoms with E-state index in [1.54, 1.807) is 12.0 Å². The number of esters is 1. The van der Waals surface area contributed by atoms with Gasteiger partial charge in [-0.2, -0.15) is 0 Å². The summed E-state index contributed by atoms with van der Waals surface area (Å²) >= 11 is 0. The first-order valence-electron chi connectivity index (χ1n) is 6.77. The number of amides is 1. The van der Waals surface area contributed by atoms with Gasteiger partial charge in [-0.05, 0) is 24.1 Å². The van der Waals surface area contributed by atoms with Crippen molar-refractivity contribution >= 4 is 11.9 Å². The number of likely N-dealkylation sites (tertiary alicyclic amines) is 1. The fourth-order valence-electron chi connectivity index (χ4n) is 2.91. The average molecular weight is 275 g/mol. The van der Waals surface area contributed by atoms with Crippen LogP contribution in [0.3, 0.4) is 0 Å². The molecule has 1 aromatic carbocycles. The fourth-order valence-corrected chi connectivity index (χ4v) is 2.91. The van der Waals surface area contributed by atoms with E-state index in [2.05, 4.69) is 0 Å². The normalized spacial score (nSPS) is 25.4. The van der Waals surface area contributed by atoms with E-state index in [-0.39, 0.29) is 23.7 Å². The van der Waals surface area contributed by atoms with E-state index in [1.807, 2.05) is 24.3 Å². The molecular weight excluding hydrogens is 258 g/mol. The molecule has 2 unspecified atom stereocenters. The highest BCUT2D eigenvalue weighted by atomic mass is 16.5. The van der Waals surface area contributed by atoms with E-state index in [4.69, 9.17) is 9.47 Å². The Labute approximate surface area is 117 Å². The fraction of sp³-hybridized carbons (Fsp3) is 0.467. The van der Waals surface area contributed by atoms with Crippen LogP contribution >= 0.6 is 0 Å². The number of hydrogen-bond acceptors (Lipinski definition) is 4. The predicted octanol–water partition coefficient (Wildman–Crippen LogP) is 1.22. The van der Waals surface area contributed by atoms with Gasteiger partial charge in [0.1, 0.15) is 5.75 Å². The molecule has 1 amide bonds. The van der Waals surface area contributed by atoms with Crippen molar-refractivity contribution in [2.75, 3.05) is 20.3 Å². The average Bonchev–Trinajstić information content (AvgIpc) is 2.79. The molecule has 0 N–H and O–H groups in total. The summed E-state index contributed by atoms with van der Waals surface area (Å²) in [5, 5.41) is 0. The van der Waals surface area contributed by atoms with Gasteiger partial charge in [-0.3, -0.25) is 9.59 Å². The van der Waals surface area contributed by atoms with Gasteiger partial charge in [0.05, 0.1) is 25.6 Å². The Morgan fingerprint density at radius 3 is 2.65 bits per heavy atom. The Balaban J connectivity index is 1.71. The van der Waals surface area contributed by atoms with Crippen LogP contribution in [-0.4, -0.2) is 37.0 Å². The first kappa shape index (κ1) is 13.0. The highest BCUT2D eigenvalue weighted by Gasteiger charge is 2.46. The van der Waals surface area contributed by atoms with Crippen LogP contribution in [0.1, 0.15) is 12.0 Å². The molecule has 0 spiro atoms. The second-order valence-electron chi connectivity index (χ2n) is 5.24. The van der Waals surface area contributed by atoms with Gasteiger partial charge in [0.25, 0.3) is 0 Å². The number of carbonyl (C=O) groups excluding carboxylic acids is 2. The highest BCUT2D eigenvalue weighted by Crippen LogP contribution is 2.33. The van der Waals surface area contributed by atoms with Crippen molar-refractivity contribution in [2.45, 2.75) is 13.0 Å². The lowest BCUT2D eigenvalue weighted by molar-refractivity contribution is -0.156. The molecule has 0 bridgehead atoms. The van der Waals surface area contributed by atoms with E-state index >= 15 is 0 Å². The minimum Gasteiger partial charge on any atom is -0.497 e. The molecule has 1 aromatic rings. The molecule has 0 aromatic heterocycles. The van der Waals surface area contributed by atoms with Crippen LogP contribution < -0.4 is 4.74 Å². The number of rotatable bonds is 3. The number of cyclic esters (lactones) is 1. The second-order valence-corrected chi connectivity index (χ2v) is 5.24. The van der Waals surface area contributed by atoms with Gasteiger partial charge in [0.15, 0.2) is 0 Å². The molecule has 0 saturated carbocycles. The molecule has 0 radical (unpaired) electrons. The summed E-state index contributed by atoms with van der Waals surface area (Å²) in [5.41, 5.74) is 1.03. The third kappa shape index (κ3) is 2.24. The third-order valence-corrected chi connectivity index (χ3v) is 4.04. The van der Waals surface area contributed by atoms with Crippen molar-refractivity contribution in [3.8, 4) is 5.75 Å². The van der Waals surface area contributed by atoms with Gasteiger partial charge in [-0.1, -0.05) is 12.1 Å². The molecule has 0 aliphatic carbocycles. The molecule has 5 nitrogen and oxygen atoms in total. The summed E-state index contributed by atoms with van der Waals surface area (Å²) in [6.45, 7) is 1.36. The molecule has 5 heteroatoms. The quantitative estimate of drug-likeness (QED) is 0.778. The van der Waals surface area contributed by atoms with Crippen molar-refractivity contribution < 1.29 is 19.1 Å². The predicted molar refractivity (Wildman–Crippen MR) is 71.0 cm³/mol. The van der Waals surface area contributed by atoms with Crippen LogP contribution in [0.4, 0.5) is 0 Å². The molecular formula is C15H17NO4. The summed E-state index contributed by atoms with van der Waals surface area (Å²) in [5.74, 6) is 0.164. The molecule has 3 rings (SSSR count). The molecule has 20 heavy (non-hydrogen) atoms. The van der Waals surface area contributed by atoms with Crippen molar-refractivity contribution in [2.24, 2.45) is 11.8 Å². The number of carbonyl (C=O) groups is 2. The van der Waals surface area contributed by atoms with Gasteiger partial charge in [-0.25, -0.2) is 0 Å². The summed E-state index contributed by atoms with van der Waals surface area (Å²) < 4.78 is 10.1. The van der Waals surface area contributed by atoms with Gasteiger partial charge >= 0.3 is 5.97 Å². The van der Waals surface area contributed by atoms with Crippen LogP contribution in [0.25, 0.3) is 0 Å². The Bertz CT molecular complexity index is 525. The number of hydrogen-bond donors (Lipinski definition) is 0. The van der Waals surface area contributed by atoms with Gasteiger partial charge in [0.2, 0.25) is 5.91 Å². The maximum atomic E-state index is 12.3. The zero-order valence-corrected chi connectivity index (χ0v) is 11.4. The lowest BCUT2D eigenvalue weighted by Crippen LogP contribution is -2.32. The maximum Gasteiger partial charge on any atom is 0.311 e. The maximum absolute atomic E-state index is 12.3. The molecule has 2 saturated heterocycles. The minimum absolute atomic E-state index is 0.0717. The number of benzene rings is 1. The van der Waals surface area contributed by atoms with E-state index < -0.39 is 0 Å². The molecule has 2 heterocycles. The summed E-state index contributed by atoms with van der Waals surface area (Å²) in [7, 11) is 1.62. The third-order valence-electron chi connectivity index (χ3n) is 4.04. The Morgan fingerprint density at radius 2 is 2.00 bits per heavy atom. The van der Waals surface area contributed by atoms with E-state index in [0.29, 0.717) is 26.1 Å². The molecule has 2 aliphatic heterocycles. The van der Waals surface area contributed by atoms with Crippen LogP contribution in [0, 0.1) is 11.8 Å². The second kappa shape index (κ2) is 5.15. The number of nitrogens with zero attached hydrogens (tertiary/aromatic N) is 1. The smallest absolute Gasteiger partial charge is 0.311 e. The first-order valence-corrected chi connectivity index (χ1v) is 6.77. The van der Waals surface area contributed by atoms with Crippen molar-refractivity contribution in [1.29, 1.82) is 0 Å². The molecule has 2 fully saturated rings. The van der Waals surface area contributed by atoms with Crippen LogP contribution in [-0.2, 0) is 20.9 Å². The van der Waals surface area contributed by atoms with E-state index in [1.165, 1.54) is 0 Å². The number of ether oxygens (including phenoxy) is 2. The lowest BCUT2D eigenvalue weighted by Gasteiger charge is -2.20. The lowest BCUT2D eigenvalue weighted by atomic mass is 9.91. The highest BCUT2D eigenvalue weighted by molar-refractivity contribution is 5.89. The standard InChI is InChI=1S/C15H17NO4/c1-19-11-4-2-10(3-5-11)8-16-9-13-12(14(16)17)6-7-20-15(13)18/h2-5,12-13H,6-9H2,1H3. The van der Waals surface area contributed by atoms with Crippen molar-refractivity contribution in [3.63, 3.8) is 0 Å². The zero-order chi connectivity index (χ0) is 14.1. The summed E-state index contributed by atoms with van der Waals surface area (Å²) in [4.78, 5) is 25.7. The van der Waals surface area contributed by atoms with Crippen LogP contribution in [0.5, 0.6) is 5.75 Å². The monoisotopic (exact) mass is 275 g/mol. The van der Waals surface area contributed by atoms with Crippen molar-refractivity contribution in [3.05, 3.63) is 29.8 Å². The Hall–Kier alpha value is -2.04. The van der Waals surface area contributed by atoms with Crippen molar-refractivity contribution in [1.82, 2.24) is 4.90 Å². The largest absolute Gasteiger partial charge is 0.497 e. The zero-order valence-electron chi connectivity index (χ0n) is 11.4. The Kier molecular flexibility index (Phi) is 3.34. The number of methoxy groups -OCH3 is 1.